The molecule has 0 spiro atoms. The number of pyridine rings is 1. The first-order chi connectivity index (χ1) is 9.24. The Kier molecular flexibility index (Phi) is 3.58. The molecule has 4 heteroatoms. The summed E-state index contributed by atoms with van der Waals surface area (Å²) in [5, 5.41) is 1.68. The quantitative estimate of drug-likeness (QED) is 0.913. The SMILES string of the molecule is NC1CCCCC1Oc1ccnc2cc(Cl)ccc12. The summed E-state index contributed by atoms with van der Waals surface area (Å²) in [6, 6.07) is 7.69. The maximum atomic E-state index is 6.13. The van der Waals surface area contributed by atoms with Gasteiger partial charge in [-0.05, 0) is 43.5 Å². The number of halogens is 1. The second-order valence-corrected chi connectivity index (χ2v) is 5.51. The van der Waals surface area contributed by atoms with E-state index in [0.717, 1.165) is 29.5 Å². The van der Waals surface area contributed by atoms with Crippen LogP contribution in [-0.2, 0) is 0 Å². The smallest absolute Gasteiger partial charge is 0.130 e. The molecule has 1 saturated carbocycles. The number of ether oxygens (including phenoxy) is 1. The number of nitrogens with zero attached hydrogens (tertiary/aromatic N) is 1. The van der Waals surface area contributed by atoms with Gasteiger partial charge in [-0.1, -0.05) is 18.0 Å². The number of hydrogen-bond donors (Lipinski definition) is 1. The summed E-state index contributed by atoms with van der Waals surface area (Å²) in [5.74, 6) is 0.851. The molecule has 2 N–H and O–H groups in total. The molecule has 1 aliphatic rings. The number of benzene rings is 1. The van der Waals surface area contributed by atoms with Crippen molar-refractivity contribution in [3.05, 3.63) is 35.5 Å². The second kappa shape index (κ2) is 5.35. The first-order valence-corrected chi connectivity index (χ1v) is 7.08. The zero-order chi connectivity index (χ0) is 13.2. The molecule has 2 atom stereocenters. The van der Waals surface area contributed by atoms with Gasteiger partial charge in [0, 0.05) is 22.6 Å². The van der Waals surface area contributed by atoms with E-state index in [-0.39, 0.29) is 12.1 Å². The van der Waals surface area contributed by atoms with Crippen molar-refractivity contribution in [2.45, 2.75) is 37.8 Å². The highest BCUT2D eigenvalue weighted by molar-refractivity contribution is 6.31. The van der Waals surface area contributed by atoms with Crippen molar-refractivity contribution in [3.63, 3.8) is 0 Å². The van der Waals surface area contributed by atoms with Crippen molar-refractivity contribution in [1.82, 2.24) is 4.98 Å². The van der Waals surface area contributed by atoms with Gasteiger partial charge in [-0.3, -0.25) is 4.98 Å². The molecule has 2 unspecified atom stereocenters. The van der Waals surface area contributed by atoms with E-state index in [2.05, 4.69) is 4.98 Å². The second-order valence-electron chi connectivity index (χ2n) is 5.08. The van der Waals surface area contributed by atoms with Gasteiger partial charge in [0.25, 0.3) is 0 Å². The summed E-state index contributed by atoms with van der Waals surface area (Å²) in [6.07, 6.45) is 6.32. The molecular formula is C15H17ClN2O. The van der Waals surface area contributed by atoms with Crippen LogP contribution in [0.25, 0.3) is 10.9 Å². The standard InChI is InChI=1S/C15H17ClN2O/c16-10-5-6-11-13(9-10)18-8-7-14(11)19-15-4-2-1-3-12(15)17/h5-9,12,15H,1-4,17H2. The lowest BCUT2D eigenvalue weighted by Gasteiger charge is -2.29. The van der Waals surface area contributed by atoms with Crippen LogP contribution in [0.2, 0.25) is 5.02 Å². The summed E-state index contributed by atoms with van der Waals surface area (Å²) in [4.78, 5) is 4.32. The highest BCUT2D eigenvalue weighted by atomic mass is 35.5. The highest BCUT2D eigenvalue weighted by Gasteiger charge is 2.23. The van der Waals surface area contributed by atoms with E-state index in [4.69, 9.17) is 22.1 Å². The van der Waals surface area contributed by atoms with Crippen LogP contribution in [0.3, 0.4) is 0 Å². The van der Waals surface area contributed by atoms with E-state index in [9.17, 15) is 0 Å². The Morgan fingerprint density at radius 3 is 2.89 bits per heavy atom. The molecule has 0 bridgehead atoms. The van der Waals surface area contributed by atoms with Gasteiger partial charge < -0.3 is 10.5 Å². The first-order valence-electron chi connectivity index (χ1n) is 6.70. The third kappa shape index (κ3) is 2.67. The normalized spacial score (nSPS) is 23.5. The number of fused-ring (bicyclic) bond motifs is 1. The Bertz CT molecular complexity index is 587. The van der Waals surface area contributed by atoms with Crippen LogP contribution in [0.15, 0.2) is 30.5 Å². The van der Waals surface area contributed by atoms with Crippen LogP contribution >= 0.6 is 11.6 Å². The zero-order valence-corrected chi connectivity index (χ0v) is 11.4. The van der Waals surface area contributed by atoms with Crippen LogP contribution < -0.4 is 10.5 Å². The summed E-state index contributed by atoms with van der Waals surface area (Å²) in [6.45, 7) is 0. The number of aromatic nitrogens is 1. The topological polar surface area (TPSA) is 48.1 Å². The van der Waals surface area contributed by atoms with Gasteiger partial charge in [0.05, 0.1) is 5.52 Å². The van der Waals surface area contributed by atoms with Crippen LogP contribution in [0.1, 0.15) is 25.7 Å². The molecule has 0 amide bonds. The molecule has 0 aliphatic heterocycles. The fourth-order valence-electron chi connectivity index (χ4n) is 2.63. The van der Waals surface area contributed by atoms with Gasteiger partial charge in [0.1, 0.15) is 11.9 Å². The van der Waals surface area contributed by atoms with E-state index in [1.165, 1.54) is 12.8 Å². The van der Waals surface area contributed by atoms with Crippen LogP contribution in [0, 0.1) is 0 Å². The Morgan fingerprint density at radius 2 is 2.05 bits per heavy atom. The zero-order valence-electron chi connectivity index (χ0n) is 10.7. The minimum atomic E-state index is 0.107. The summed E-state index contributed by atoms with van der Waals surface area (Å²) < 4.78 is 6.11. The van der Waals surface area contributed by atoms with Crippen molar-refractivity contribution in [1.29, 1.82) is 0 Å². The average molecular weight is 277 g/mol. The minimum absolute atomic E-state index is 0.107. The number of nitrogens with two attached hydrogens (primary N) is 1. The molecule has 3 rings (SSSR count). The van der Waals surface area contributed by atoms with Crippen molar-refractivity contribution < 1.29 is 4.74 Å². The molecule has 2 aromatic rings. The van der Waals surface area contributed by atoms with Gasteiger partial charge in [0.15, 0.2) is 0 Å². The fourth-order valence-corrected chi connectivity index (χ4v) is 2.80. The van der Waals surface area contributed by atoms with Gasteiger partial charge in [-0.25, -0.2) is 0 Å². The Morgan fingerprint density at radius 1 is 1.21 bits per heavy atom. The molecule has 0 radical (unpaired) electrons. The molecule has 1 heterocycles. The summed E-state index contributed by atoms with van der Waals surface area (Å²) in [5.41, 5.74) is 6.99. The van der Waals surface area contributed by atoms with Gasteiger partial charge in [0.2, 0.25) is 0 Å². The van der Waals surface area contributed by atoms with E-state index in [0.29, 0.717) is 5.02 Å². The van der Waals surface area contributed by atoms with E-state index in [1.807, 2.05) is 24.3 Å². The van der Waals surface area contributed by atoms with Crippen molar-refractivity contribution in [2.24, 2.45) is 5.73 Å². The molecule has 19 heavy (non-hydrogen) atoms. The van der Waals surface area contributed by atoms with Crippen molar-refractivity contribution in [2.75, 3.05) is 0 Å². The van der Waals surface area contributed by atoms with Gasteiger partial charge in [-0.15, -0.1) is 0 Å². The van der Waals surface area contributed by atoms with E-state index < -0.39 is 0 Å². The molecule has 1 aromatic heterocycles. The Labute approximate surface area is 117 Å². The van der Waals surface area contributed by atoms with Crippen molar-refractivity contribution >= 4 is 22.5 Å². The first kappa shape index (κ1) is 12.7. The lowest BCUT2D eigenvalue weighted by molar-refractivity contribution is 0.134. The van der Waals surface area contributed by atoms with Gasteiger partial charge >= 0.3 is 0 Å². The number of rotatable bonds is 2. The van der Waals surface area contributed by atoms with E-state index >= 15 is 0 Å². The average Bonchev–Trinajstić information content (AvgIpc) is 2.41. The maximum absolute atomic E-state index is 6.13. The Hall–Kier alpha value is -1.32. The van der Waals surface area contributed by atoms with Crippen LogP contribution in [-0.4, -0.2) is 17.1 Å². The molecule has 100 valence electrons. The molecule has 3 nitrogen and oxygen atoms in total. The van der Waals surface area contributed by atoms with Gasteiger partial charge in [-0.2, -0.15) is 0 Å². The van der Waals surface area contributed by atoms with Crippen LogP contribution in [0.4, 0.5) is 0 Å². The number of hydrogen-bond acceptors (Lipinski definition) is 3. The monoisotopic (exact) mass is 276 g/mol. The summed E-state index contributed by atoms with van der Waals surface area (Å²) >= 11 is 5.99. The Balaban J connectivity index is 1.92. The minimum Gasteiger partial charge on any atom is -0.488 e. The molecule has 1 aromatic carbocycles. The predicted octanol–water partition coefficient (Wildman–Crippen LogP) is 3.54. The maximum Gasteiger partial charge on any atom is 0.130 e. The summed E-state index contributed by atoms with van der Waals surface area (Å²) in [7, 11) is 0. The molecule has 1 fully saturated rings. The third-order valence-corrected chi connectivity index (χ3v) is 3.93. The lowest BCUT2D eigenvalue weighted by atomic mass is 9.93. The molecule has 0 saturated heterocycles. The lowest BCUT2D eigenvalue weighted by Crippen LogP contribution is -2.41. The van der Waals surface area contributed by atoms with Crippen molar-refractivity contribution in [3.8, 4) is 5.75 Å². The third-order valence-electron chi connectivity index (χ3n) is 3.70. The largest absolute Gasteiger partial charge is 0.488 e. The highest BCUT2D eigenvalue weighted by Crippen LogP contribution is 2.29. The predicted molar refractivity (Wildman–Crippen MR) is 77.6 cm³/mol. The van der Waals surface area contributed by atoms with E-state index in [1.54, 1.807) is 6.20 Å². The molecular weight excluding hydrogens is 260 g/mol. The van der Waals surface area contributed by atoms with Crippen LogP contribution in [0.5, 0.6) is 5.75 Å². The molecule has 1 aliphatic carbocycles. The fraction of sp³-hybridized carbons (Fsp3) is 0.400.